The Balaban J connectivity index is 1.91. The number of carboxylic acid groups (broad SMARTS) is 1. The zero-order chi connectivity index (χ0) is 10.4. The van der Waals surface area contributed by atoms with Crippen LogP contribution in [0.1, 0.15) is 19.3 Å². The second kappa shape index (κ2) is 5.98. The van der Waals surface area contributed by atoms with E-state index in [1.807, 2.05) is 0 Å². The Morgan fingerprint density at radius 3 is 3.00 bits per heavy atom. The van der Waals surface area contributed by atoms with Crippen LogP contribution in [0.3, 0.4) is 0 Å². The van der Waals surface area contributed by atoms with Crippen molar-refractivity contribution >= 4 is 5.97 Å². The summed E-state index contributed by atoms with van der Waals surface area (Å²) >= 11 is 0. The summed E-state index contributed by atoms with van der Waals surface area (Å²) in [6.07, 6.45) is 2.28. The van der Waals surface area contributed by atoms with E-state index in [1.54, 1.807) is 0 Å². The van der Waals surface area contributed by atoms with Crippen LogP contribution in [0.2, 0.25) is 0 Å². The van der Waals surface area contributed by atoms with Gasteiger partial charge in [-0.3, -0.25) is 4.79 Å². The number of likely N-dealkylation sites (tertiary alicyclic amines) is 1. The fourth-order valence-electron chi connectivity index (χ4n) is 1.86. The van der Waals surface area contributed by atoms with Gasteiger partial charge in [-0.15, -0.1) is 0 Å². The molecule has 1 fully saturated rings. The molecule has 2 N–H and O–H groups in total. The SMILES string of the molecule is CN1CCC(CNCCCC(=O)O)C1. The van der Waals surface area contributed by atoms with E-state index in [9.17, 15) is 4.79 Å². The molecule has 4 nitrogen and oxygen atoms in total. The van der Waals surface area contributed by atoms with E-state index >= 15 is 0 Å². The Kier molecular flexibility index (Phi) is 4.90. The number of carboxylic acids is 1. The van der Waals surface area contributed by atoms with Crippen molar-refractivity contribution < 1.29 is 9.90 Å². The zero-order valence-corrected chi connectivity index (χ0v) is 8.83. The highest BCUT2D eigenvalue weighted by molar-refractivity contribution is 5.66. The number of nitrogens with zero attached hydrogens (tertiary/aromatic N) is 1. The van der Waals surface area contributed by atoms with Gasteiger partial charge in [-0.1, -0.05) is 0 Å². The van der Waals surface area contributed by atoms with Crippen LogP contribution in [-0.4, -0.2) is 49.2 Å². The molecule has 1 saturated heterocycles. The van der Waals surface area contributed by atoms with Gasteiger partial charge in [0.2, 0.25) is 0 Å². The van der Waals surface area contributed by atoms with E-state index in [-0.39, 0.29) is 6.42 Å². The Labute approximate surface area is 85.3 Å². The fourth-order valence-corrected chi connectivity index (χ4v) is 1.86. The Morgan fingerprint density at radius 1 is 1.64 bits per heavy atom. The molecular weight excluding hydrogens is 180 g/mol. The third kappa shape index (κ3) is 4.58. The van der Waals surface area contributed by atoms with E-state index in [0.717, 1.165) is 25.4 Å². The minimum atomic E-state index is -0.701. The summed E-state index contributed by atoms with van der Waals surface area (Å²) in [4.78, 5) is 12.6. The molecule has 1 unspecified atom stereocenters. The van der Waals surface area contributed by atoms with Gasteiger partial charge in [-0.2, -0.15) is 0 Å². The predicted octanol–water partition coefficient (Wildman–Crippen LogP) is 0.393. The normalized spacial score (nSPS) is 22.8. The summed E-state index contributed by atoms with van der Waals surface area (Å²) in [5.74, 6) is 0.0530. The maximum Gasteiger partial charge on any atom is 0.303 e. The summed E-state index contributed by atoms with van der Waals surface area (Å²) in [5, 5.41) is 11.7. The van der Waals surface area contributed by atoms with E-state index in [4.69, 9.17) is 5.11 Å². The molecule has 0 aromatic rings. The van der Waals surface area contributed by atoms with E-state index in [1.165, 1.54) is 19.5 Å². The standard InChI is InChI=1S/C10H20N2O2/c1-12-6-4-9(8-12)7-11-5-2-3-10(13)14/h9,11H,2-8H2,1H3,(H,13,14). The molecule has 0 bridgehead atoms. The molecule has 1 heterocycles. The summed E-state index contributed by atoms with van der Waals surface area (Å²) in [6.45, 7) is 4.23. The molecule has 0 spiro atoms. The smallest absolute Gasteiger partial charge is 0.303 e. The van der Waals surface area contributed by atoms with Crippen molar-refractivity contribution in [2.45, 2.75) is 19.3 Å². The first-order chi connectivity index (χ1) is 6.68. The lowest BCUT2D eigenvalue weighted by atomic mass is 10.1. The lowest BCUT2D eigenvalue weighted by Crippen LogP contribution is -2.26. The quantitative estimate of drug-likeness (QED) is 0.609. The monoisotopic (exact) mass is 200 g/mol. The van der Waals surface area contributed by atoms with Crippen LogP contribution in [-0.2, 0) is 4.79 Å². The second-order valence-corrected chi connectivity index (χ2v) is 4.12. The minimum Gasteiger partial charge on any atom is -0.481 e. The number of carbonyl (C=O) groups is 1. The maximum absolute atomic E-state index is 10.2. The van der Waals surface area contributed by atoms with Crippen molar-refractivity contribution in [3.63, 3.8) is 0 Å². The lowest BCUT2D eigenvalue weighted by molar-refractivity contribution is -0.137. The van der Waals surface area contributed by atoms with Crippen LogP contribution < -0.4 is 5.32 Å². The van der Waals surface area contributed by atoms with Crippen molar-refractivity contribution in [3.8, 4) is 0 Å². The van der Waals surface area contributed by atoms with Crippen LogP contribution in [0.5, 0.6) is 0 Å². The summed E-state index contributed by atoms with van der Waals surface area (Å²) in [5.41, 5.74) is 0. The molecular formula is C10H20N2O2. The molecule has 0 aromatic carbocycles. The van der Waals surface area contributed by atoms with Gasteiger partial charge in [0, 0.05) is 13.0 Å². The van der Waals surface area contributed by atoms with E-state index in [2.05, 4.69) is 17.3 Å². The minimum absolute atomic E-state index is 0.275. The van der Waals surface area contributed by atoms with Crippen molar-refractivity contribution in [1.29, 1.82) is 0 Å². The summed E-state index contributed by atoms with van der Waals surface area (Å²) in [6, 6.07) is 0. The Bertz CT molecular complexity index is 185. The molecule has 0 radical (unpaired) electrons. The number of nitrogens with one attached hydrogen (secondary N) is 1. The number of aliphatic carboxylic acids is 1. The summed E-state index contributed by atoms with van der Waals surface area (Å²) in [7, 11) is 2.14. The number of rotatable bonds is 6. The van der Waals surface area contributed by atoms with Crippen LogP contribution in [0.4, 0.5) is 0 Å². The highest BCUT2D eigenvalue weighted by Crippen LogP contribution is 2.12. The molecule has 1 rings (SSSR count). The van der Waals surface area contributed by atoms with Crippen LogP contribution in [0, 0.1) is 5.92 Å². The van der Waals surface area contributed by atoms with Crippen molar-refractivity contribution in [1.82, 2.24) is 10.2 Å². The first-order valence-electron chi connectivity index (χ1n) is 5.29. The largest absolute Gasteiger partial charge is 0.481 e. The summed E-state index contributed by atoms with van der Waals surface area (Å²) < 4.78 is 0. The zero-order valence-electron chi connectivity index (χ0n) is 8.83. The Morgan fingerprint density at radius 2 is 2.43 bits per heavy atom. The maximum atomic E-state index is 10.2. The first kappa shape index (κ1) is 11.5. The molecule has 4 heteroatoms. The van der Waals surface area contributed by atoms with Crippen molar-refractivity contribution in [3.05, 3.63) is 0 Å². The molecule has 14 heavy (non-hydrogen) atoms. The van der Waals surface area contributed by atoms with Gasteiger partial charge in [0.05, 0.1) is 0 Å². The highest BCUT2D eigenvalue weighted by Gasteiger charge is 2.18. The average molecular weight is 200 g/mol. The third-order valence-corrected chi connectivity index (χ3v) is 2.67. The van der Waals surface area contributed by atoms with Gasteiger partial charge >= 0.3 is 5.97 Å². The van der Waals surface area contributed by atoms with E-state index in [0.29, 0.717) is 0 Å². The van der Waals surface area contributed by atoms with Gasteiger partial charge in [0.25, 0.3) is 0 Å². The molecule has 0 amide bonds. The van der Waals surface area contributed by atoms with Crippen molar-refractivity contribution in [2.75, 3.05) is 33.2 Å². The molecule has 0 aliphatic carbocycles. The van der Waals surface area contributed by atoms with E-state index < -0.39 is 5.97 Å². The van der Waals surface area contributed by atoms with Crippen molar-refractivity contribution in [2.24, 2.45) is 5.92 Å². The molecule has 0 aromatic heterocycles. The highest BCUT2D eigenvalue weighted by atomic mass is 16.4. The molecule has 1 aliphatic heterocycles. The predicted molar refractivity (Wildman–Crippen MR) is 55.3 cm³/mol. The van der Waals surface area contributed by atoms with Crippen LogP contribution >= 0.6 is 0 Å². The number of hydrogen-bond acceptors (Lipinski definition) is 3. The van der Waals surface area contributed by atoms with Gasteiger partial charge < -0.3 is 15.3 Å². The van der Waals surface area contributed by atoms with Gasteiger partial charge in [0.15, 0.2) is 0 Å². The van der Waals surface area contributed by atoms with Gasteiger partial charge in [0.1, 0.15) is 0 Å². The van der Waals surface area contributed by atoms with Crippen LogP contribution in [0.25, 0.3) is 0 Å². The fraction of sp³-hybridized carbons (Fsp3) is 0.900. The van der Waals surface area contributed by atoms with Gasteiger partial charge in [-0.25, -0.2) is 0 Å². The van der Waals surface area contributed by atoms with Crippen LogP contribution in [0.15, 0.2) is 0 Å². The van der Waals surface area contributed by atoms with Gasteiger partial charge in [-0.05, 0) is 45.4 Å². The average Bonchev–Trinajstić information content (AvgIpc) is 2.50. The first-order valence-corrected chi connectivity index (χ1v) is 5.29. The lowest BCUT2D eigenvalue weighted by Gasteiger charge is -2.10. The topological polar surface area (TPSA) is 52.6 Å². The Hall–Kier alpha value is -0.610. The molecule has 1 atom stereocenters. The number of hydrogen-bond donors (Lipinski definition) is 2. The molecule has 82 valence electrons. The molecule has 1 aliphatic rings. The third-order valence-electron chi connectivity index (χ3n) is 2.67. The molecule has 0 saturated carbocycles. The second-order valence-electron chi connectivity index (χ2n) is 4.12.